The van der Waals surface area contributed by atoms with Gasteiger partial charge in [0.1, 0.15) is 0 Å². The second kappa shape index (κ2) is 5.06. The maximum absolute atomic E-state index is 12.2. The highest BCUT2D eigenvalue weighted by Crippen LogP contribution is 2.47. The van der Waals surface area contributed by atoms with Crippen LogP contribution in [0.15, 0.2) is 0 Å². The van der Waals surface area contributed by atoms with Crippen LogP contribution in [-0.4, -0.2) is 46.0 Å². The van der Waals surface area contributed by atoms with Crippen LogP contribution in [0, 0.1) is 11.8 Å². The number of rotatable bonds is 2. The van der Waals surface area contributed by atoms with Crippen molar-refractivity contribution in [2.75, 3.05) is 7.11 Å². The molecule has 0 saturated carbocycles. The number of nitrogens with zero attached hydrogens (tertiary/aromatic N) is 2. The van der Waals surface area contributed by atoms with E-state index in [4.69, 9.17) is 4.84 Å². The summed E-state index contributed by atoms with van der Waals surface area (Å²) in [5.41, 5.74) is -0.531. The largest absolute Gasteiger partial charge is 0.301 e. The first kappa shape index (κ1) is 16.4. The Hall–Kier alpha value is -0.940. The summed E-state index contributed by atoms with van der Waals surface area (Å²) < 4.78 is 0. The van der Waals surface area contributed by atoms with Crippen LogP contribution in [0.5, 0.6) is 0 Å². The lowest BCUT2D eigenvalue weighted by Gasteiger charge is -2.61. The molecule has 2 fully saturated rings. The Labute approximate surface area is 127 Å². The van der Waals surface area contributed by atoms with Crippen molar-refractivity contribution in [1.29, 1.82) is 0 Å². The fourth-order valence-electron chi connectivity index (χ4n) is 4.23. The summed E-state index contributed by atoms with van der Waals surface area (Å²) in [4.78, 5) is 31.6. The van der Waals surface area contributed by atoms with Gasteiger partial charge in [-0.2, -0.15) is 5.06 Å². The number of piperidine rings is 1. The van der Waals surface area contributed by atoms with Crippen LogP contribution in [0.25, 0.3) is 0 Å². The molecular formula is C16H28N2O3. The molecule has 2 aliphatic heterocycles. The van der Waals surface area contributed by atoms with E-state index in [1.54, 1.807) is 7.11 Å². The van der Waals surface area contributed by atoms with E-state index < -0.39 is 0 Å². The quantitative estimate of drug-likeness (QED) is 0.733. The molecular weight excluding hydrogens is 268 g/mol. The normalized spacial score (nSPS) is 36.3. The Kier molecular flexibility index (Phi) is 3.96. The van der Waals surface area contributed by atoms with E-state index in [1.807, 2.05) is 5.06 Å². The Morgan fingerprint density at radius 3 is 1.67 bits per heavy atom. The molecule has 2 rings (SSSR count). The molecule has 120 valence electrons. The Morgan fingerprint density at radius 2 is 1.33 bits per heavy atom. The van der Waals surface area contributed by atoms with E-state index in [1.165, 1.54) is 4.90 Å². The lowest BCUT2D eigenvalue weighted by Crippen LogP contribution is -2.72. The Balaban J connectivity index is 2.47. The van der Waals surface area contributed by atoms with Gasteiger partial charge in [-0.3, -0.25) is 14.5 Å². The highest BCUT2D eigenvalue weighted by Gasteiger charge is 2.58. The minimum Gasteiger partial charge on any atom is -0.301 e. The lowest BCUT2D eigenvalue weighted by atomic mass is 9.65. The third kappa shape index (κ3) is 2.21. The molecule has 0 radical (unpaired) electrons. The molecule has 2 atom stereocenters. The van der Waals surface area contributed by atoms with Gasteiger partial charge >= 0.3 is 0 Å². The zero-order valence-corrected chi connectivity index (χ0v) is 14.3. The van der Waals surface area contributed by atoms with Crippen molar-refractivity contribution < 1.29 is 14.4 Å². The van der Waals surface area contributed by atoms with Gasteiger partial charge in [-0.25, -0.2) is 0 Å². The number of imide groups is 1. The molecule has 2 aliphatic rings. The first-order valence-corrected chi connectivity index (χ1v) is 7.76. The number of hydrogen-bond acceptors (Lipinski definition) is 4. The SMILES string of the molecule is CON1C(C)(C)C(C)C(N2C(=O)CCC2=O)C(C)C1(C)C. The predicted octanol–water partition coefficient (Wildman–Crippen LogP) is 2.21. The average Bonchev–Trinajstić information content (AvgIpc) is 2.69. The summed E-state index contributed by atoms with van der Waals surface area (Å²) in [5.74, 6) is 0.209. The first-order chi connectivity index (χ1) is 9.56. The van der Waals surface area contributed by atoms with Crippen LogP contribution in [0.3, 0.4) is 0 Å². The van der Waals surface area contributed by atoms with Crippen LogP contribution in [0.1, 0.15) is 54.4 Å². The smallest absolute Gasteiger partial charge is 0.229 e. The topological polar surface area (TPSA) is 49.9 Å². The first-order valence-electron chi connectivity index (χ1n) is 7.76. The van der Waals surface area contributed by atoms with E-state index >= 15 is 0 Å². The molecule has 2 amide bonds. The maximum Gasteiger partial charge on any atom is 0.229 e. The predicted molar refractivity (Wildman–Crippen MR) is 80.2 cm³/mol. The molecule has 0 bridgehead atoms. The van der Waals surface area contributed by atoms with Crippen molar-refractivity contribution in [3.63, 3.8) is 0 Å². The Bertz CT molecular complexity index is 420. The second-order valence-corrected chi connectivity index (χ2v) is 7.51. The van der Waals surface area contributed by atoms with Gasteiger partial charge in [0.15, 0.2) is 0 Å². The van der Waals surface area contributed by atoms with Gasteiger partial charge in [-0.1, -0.05) is 13.8 Å². The molecule has 2 unspecified atom stereocenters. The van der Waals surface area contributed by atoms with Gasteiger partial charge in [0.05, 0.1) is 7.11 Å². The number of hydroxylamine groups is 2. The lowest BCUT2D eigenvalue weighted by molar-refractivity contribution is -0.300. The molecule has 0 spiro atoms. The number of carbonyl (C=O) groups excluding carboxylic acids is 2. The van der Waals surface area contributed by atoms with Crippen molar-refractivity contribution in [3.8, 4) is 0 Å². The third-order valence-corrected chi connectivity index (χ3v) is 5.87. The zero-order chi connectivity index (χ0) is 16.2. The fourth-order valence-corrected chi connectivity index (χ4v) is 4.23. The monoisotopic (exact) mass is 296 g/mol. The summed E-state index contributed by atoms with van der Waals surface area (Å²) in [5, 5.41) is 2.02. The summed E-state index contributed by atoms with van der Waals surface area (Å²) >= 11 is 0. The second-order valence-electron chi connectivity index (χ2n) is 7.51. The third-order valence-electron chi connectivity index (χ3n) is 5.87. The van der Waals surface area contributed by atoms with Crippen molar-refractivity contribution in [2.24, 2.45) is 11.8 Å². The summed E-state index contributed by atoms with van der Waals surface area (Å²) in [6, 6.07) is -0.0797. The molecule has 2 saturated heterocycles. The van der Waals surface area contributed by atoms with Crippen molar-refractivity contribution in [1.82, 2.24) is 9.96 Å². The van der Waals surface area contributed by atoms with Gasteiger partial charge in [0, 0.05) is 30.0 Å². The highest BCUT2D eigenvalue weighted by atomic mass is 16.7. The van der Waals surface area contributed by atoms with E-state index in [2.05, 4.69) is 41.5 Å². The maximum atomic E-state index is 12.2. The summed E-state index contributed by atoms with van der Waals surface area (Å²) in [7, 11) is 1.69. The molecule has 0 N–H and O–H groups in total. The van der Waals surface area contributed by atoms with Gasteiger partial charge in [0.2, 0.25) is 11.8 Å². The molecule has 0 aromatic heterocycles. The standard InChI is InChI=1S/C16H28N2O3/c1-10-14(17-12(19)8-9-13(17)20)11(2)16(5,6)18(21-7)15(10,3)4/h10-11,14H,8-9H2,1-7H3. The number of likely N-dealkylation sites (tertiary alicyclic amines) is 1. The Morgan fingerprint density at radius 1 is 0.952 bits per heavy atom. The average molecular weight is 296 g/mol. The van der Waals surface area contributed by atoms with Gasteiger partial charge in [0.25, 0.3) is 0 Å². The highest BCUT2D eigenvalue weighted by molar-refractivity contribution is 6.02. The zero-order valence-electron chi connectivity index (χ0n) is 14.3. The summed E-state index contributed by atoms with van der Waals surface area (Å²) in [6.07, 6.45) is 0.702. The van der Waals surface area contributed by atoms with Crippen LogP contribution in [-0.2, 0) is 14.4 Å². The minimum absolute atomic E-state index is 0.0267. The number of carbonyl (C=O) groups is 2. The minimum atomic E-state index is -0.265. The number of hydrogen-bond donors (Lipinski definition) is 0. The summed E-state index contributed by atoms with van der Waals surface area (Å²) in [6.45, 7) is 12.7. The molecule has 0 aromatic rings. The van der Waals surface area contributed by atoms with E-state index in [0.717, 1.165) is 0 Å². The van der Waals surface area contributed by atoms with Crippen LogP contribution < -0.4 is 0 Å². The van der Waals surface area contributed by atoms with Crippen LogP contribution >= 0.6 is 0 Å². The molecule has 0 aliphatic carbocycles. The molecule has 5 heteroatoms. The van der Waals surface area contributed by atoms with Crippen LogP contribution in [0.4, 0.5) is 0 Å². The van der Waals surface area contributed by atoms with Gasteiger partial charge in [-0.15, -0.1) is 0 Å². The molecule has 21 heavy (non-hydrogen) atoms. The van der Waals surface area contributed by atoms with E-state index in [-0.39, 0.29) is 40.8 Å². The molecule has 2 heterocycles. The van der Waals surface area contributed by atoms with Crippen molar-refractivity contribution >= 4 is 11.8 Å². The van der Waals surface area contributed by atoms with Gasteiger partial charge in [-0.05, 0) is 39.5 Å². The molecule has 0 aromatic carbocycles. The van der Waals surface area contributed by atoms with Crippen molar-refractivity contribution in [3.05, 3.63) is 0 Å². The fraction of sp³-hybridized carbons (Fsp3) is 0.875. The molecule has 5 nitrogen and oxygen atoms in total. The van der Waals surface area contributed by atoms with Crippen LogP contribution in [0.2, 0.25) is 0 Å². The van der Waals surface area contributed by atoms with E-state index in [9.17, 15) is 9.59 Å². The van der Waals surface area contributed by atoms with Crippen molar-refractivity contribution in [2.45, 2.75) is 71.5 Å². The van der Waals surface area contributed by atoms with E-state index in [0.29, 0.717) is 12.8 Å². The van der Waals surface area contributed by atoms with Gasteiger partial charge < -0.3 is 4.84 Å². The number of amides is 2.